The fourth-order valence-electron chi connectivity index (χ4n) is 3.15. The Hall–Kier alpha value is -3.58. The van der Waals surface area contributed by atoms with Crippen LogP contribution in [-0.4, -0.2) is 42.8 Å². The van der Waals surface area contributed by atoms with Crippen molar-refractivity contribution >= 4 is 5.57 Å². The third-order valence-corrected chi connectivity index (χ3v) is 4.69. The molecule has 0 radical (unpaired) electrons. The van der Waals surface area contributed by atoms with Gasteiger partial charge < -0.3 is 15.5 Å². The first kappa shape index (κ1) is 18.8. The predicted molar refractivity (Wildman–Crippen MR) is 105 cm³/mol. The number of aromatic nitrogens is 4. The van der Waals surface area contributed by atoms with E-state index in [-0.39, 0.29) is 0 Å². The normalized spacial score (nSPS) is 18.6. The molecule has 0 saturated heterocycles. The van der Waals surface area contributed by atoms with Crippen molar-refractivity contribution in [3.05, 3.63) is 71.3 Å². The molecule has 0 fully saturated rings. The molecule has 3 heterocycles. The number of benzene rings is 1. The zero-order chi connectivity index (χ0) is 20.4. The topological polar surface area (TPSA) is 132 Å². The van der Waals surface area contributed by atoms with E-state index < -0.39 is 12.6 Å². The molecule has 9 heteroatoms. The molecule has 0 spiro atoms. The lowest BCUT2D eigenvalue weighted by Crippen LogP contribution is -2.49. The molecule has 2 atom stereocenters. The lowest BCUT2D eigenvalue weighted by Gasteiger charge is -2.26. The van der Waals surface area contributed by atoms with Crippen LogP contribution in [0.5, 0.6) is 0 Å². The minimum Gasteiger partial charge on any atom is -0.374 e. The molecule has 4 rings (SSSR count). The van der Waals surface area contributed by atoms with E-state index in [4.69, 9.17) is 5.26 Å². The minimum atomic E-state index is -1.07. The molecule has 0 aliphatic carbocycles. The Balaban J connectivity index is 1.67. The quantitative estimate of drug-likeness (QED) is 0.513. The third kappa shape index (κ3) is 3.86. The van der Waals surface area contributed by atoms with E-state index in [0.717, 1.165) is 22.5 Å². The van der Waals surface area contributed by atoms with Crippen LogP contribution in [0.4, 0.5) is 0 Å². The van der Waals surface area contributed by atoms with Crippen molar-refractivity contribution in [2.75, 3.05) is 0 Å². The Bertz CT molecular complexity index is 1100. The summed E-state index contributed by atoms with van der Waals surface area (Å²) in [5.41, 5.74) is 5.00. The second-order valence-electron chi connectivity index (χ2n) is 6.65. The van der Waals surface area contributed by atoms with Gasteiger partial charge in [-0.3, -0.25) is 4.68 Å². The Morgan fingerprint density at radius 3 is 2.69 bits per heavy atom. The van der Waals surface area contributed by atoms with Crippen LogP contribution in [0.3, 0.4) is 0 Å². The van der Waals surface area contributed by atoms with Crippen molar-refractivity contribution < 1.29 is 10.2 Å². The molecule has 29 heavy (non-hydrogen) atoms. The molecule has 2 aromatic heterocycles. The van der Waals surface area contributed by atoms with Gasteiger partial charge >= 0.3 is 0 Å². The maximum absolute atomic E-state index is 10.2. The van der Waals surface area contributed by atoms with Gasteiger partial charge in [0, 0.05) is 23.5 Å². The number of hydrogen-bond acceptors (Lipinski definition) is 8. The van der Waals surface area contributed by atoms with Gasteiger partial charge in [-0.25, -0.2) is 5.32 Å². The van der Waals surface area contributed by atoms with Crippen LogP contribution in [0, 0.1) is 18.3 Å². The molecule has 1 aliphatic heterocycles. The van der Waals surface area contributed by atoms with E-state index in [9.17, 15) is 10.2 Å². The van der Waals surface area contributed by atoms with Gasteiger partial charge in [-0.2, -0.15) is 20.6 Å². The van der Waals surface area contributed by atoms with Crippen molar-refractivity contribution in [3.8, 4) is 17.3 Å². The van der Waals surface area contributed by atoms with Crippen molar-refractivity contribution in [1.82, 2.24) is 30.6 Å². The highest BCUT2D eigenvalue weighted by molar-refractivity contribution is 5.71. The highest BCUT2D eigenvalue weighted by atomic mass is 16.3. The minimum absolute atomic E-state index is 0.474. The molecule has 0 bridgehead atoms. The van der Waals surface area contributed by atoms with Gasteiger partial charge in [0.2, 0.25) is 0 Å². The van der Waals surface area contributed by atoms with Crippen LogP contribution in [0.15, 0.2) is 48.8 Å². The lowest BCUT2D eigenvalue weighted by molar-refractivity contribution is 0.0482. The third-order valence-electron chi connectivity index (χ3n) is 4.69. The lowest BCUT2D eigenvalue weighted by atomic mass is 10.1. The first-order chi connectivity index (χ1) is 14.0. The summed E-state index contributed by atoms with van der Waals surface area (Å²) in [6.45, 7) is 2.39. The van der Waals surface area contributed by atoms with Crippen LogP contribution in [-0.2, 0) is 6.54 Å². The zero-order valence-corrected chi connectivity index (χ0v) is 15.6. The molecule has 3 aromatic rings. The average Bonchev–Trinajstić information content (AvgIpc) is 3.17. The maximum atomic E-state index is 10.2. The first-order valence-corrected chi connectivity index (χ1v) is 8.99. The van der Waals surface area contributed by atoms with Gasteiger partial charge in [0.15, 0.2) is 6.35 Å². The fourth-order valence-corrected chi connectivity index (χ4v) is 3.15. The number of aryl methyl sites for hydroxylation is 1. The number of aliphatic hydroxyl groups is 2. The summed E-state index contributed by atoms with van der Waals surface area (Å²) in [6.07, 6.45) is 1.13. The number of aliphatic hydroxyl groups excluding tert-OH is 2. The van der Waals surface area contributed by atoms with Crippen LogP contribution < -0.4 is 10.6 Å². The number of nitrogens with zero attached hydrogens (tertiary/aromatic N) is 5. The first-order valence-electron chi connectivity index (χ1n) is 8.99. The van der Waals surface area contributed by atoms with Gasteiger partial charge in [0.05, 0.1) is 35.3 Å². The molecule has 4 N–H and O–H groups in total. The monoisotopic (exact) mass is 389 g/mol. The van der Waals surface area contributed by atoms with Gasteiger partial charge in [0.25, 0.3) is 0 Å². The zero-order valence-electron chi connectivity index (χ0n) is 15.6. The Morgan fingerprint density at radius 1 is 1.17 bits per heavy atom. The van der Waals surface area contributed by atoms with Gasteiger partial charge in [-0.1, -0.05) is 12.1 Å². The largest absolute Gasteiger partial charge is 0.374 e. The fraction of sp³-hybridized carbons (Fsp3) is 0.200. The number of nitrogens with one attached hydrogen (secondary N) is 2. The van der Waals surface area contributed by atoms with Crippen LogP contribution >= 0.6 is 0 Å². The van der Waals surface area contributed by atoms with Crippen molar-refractivity contribution in [2.45, 2.75) is 26.0 Å². The standard InChI is InChI=1S/C20H19N7O2/c1-12-15(8-17(26-25-12)16-10-22-20(29)24-19(16)28)18-6-7-23-27(18)11-14-4-2-13(9-21)3-5-14/h2-8,10,19-20,22,24,28-29H,11H2,1H3. The number of rotatable bonds is 4. The van der Waals surface area contributed by atoms with Crippen LogP contribution in [0.1, 0.15) is 22.5 Å². The summed E-state index contributed by atoms with van der Waals surface area (Å²) in [5, 5.41) is 46.8. The summed E-state index contributed by atoms with van der Waals surface area (Å²) in [7, 11) is 0. The van der Waals surface area contributed by atoms with Crippen molar-refractivity contribution in [2.24, 2.45) is 0 Å². The van der Waals surface area contributed by atoms with Crippen LogP contribution in [0.25, 0.3) is 16.8 Å². The Morgan fingerprint density at radius 2 is 1.97 bits per heavy atom. The molecular weight excluding hydrogens is 370 g/mol. The van der Waals surface area contributed by atoms with E-state index in [2.05, 4.69) is 32.0 Å². The van der Waals surface area contributed by atoms with Gasteiger partial charge in [-0.05, 0) is 36.8 Å². The Kier molecular flexibility index (Phi) is 5.05. The molecule has 9 nitrogen and oxygen atoms in total. The van der Waals surface area contributed by atoms with E-state index in [1.807, 2.05) is 35.9 Å². The summed E-state index contributed by atoms with van der Waals surface area (Å²) in [5.74, 6) is 0. The molecule has 1 aliphatic rings. The van der Waals surface area contributed by atoms with E-state index >= 15 is 0 Å². The summed E-state index contributed by atoms with van der Waals surface area (Å²) >= 11 is 0. The summed E-state index contributed by atoms with van der Waals surface area (Å²) < 4.78 is 1.85. The van der Waals surface area contributed by atoms with E-state index in [1.165, 1.54) is 6.20 Å². The second-order valence-corrected chi connectivity index (χ2v) is 6.65. The summed E-state index contributed by atoms with van der Waals surface area (Å²) in [6, 6.07) is 13.2. The smallest absolute Gasteiger partial charge is 0.183 e. The molecule has 0 amide bonds. The maximum Gasteiger partial charge on any atom is 0.183 e. The van der Waals surface area contributed by atoms with Crippen molar-refractivity contribution in [1.29, 1.82) is 5.26 Å². The van der Waals surface area contributed by atoms with Crippen LogP contribution in [0.2, 0.25) is 0 Å². The van der Waals surface area contributed by atoms with Gasteiger partial charge in [0.1, 0.15) is 6.23 Å². The molecule has 2 unspecified atom stereocenters. The second kappa shape index (κ2) is 7.81. The predicted octanol–water partition coefficient (Wildman–Crippen LogP) is 0.696. The molecule has 146 valence electrons. The number of nitriles is 1. The molecule has 1 aromatic carbocycles. The van der Waals surface area contributed by atoms with Crippen molar-refractivity contribution in [3.63, 3.8) is 0 Å². The van der Waals surface area contributed by atoms with E-state index in [0.29, 0.717) is 23.4 Å². The highest BCUT2D eigenvalue weighted by Gasteiger charge is 2.23. The molecule has 0 saturated carbocycles. The molecular formula is C20H19N7O2. The Labute approximate surface area is 167 Å². The van der Waals surface area contributed by atoms with E-state index in [1.54, 1.807) is 18.3 Å². The average molecular weight is 389 g/mol. The summed E-state index contributed by atoms with van der Waals surface area (Å²) in [4.78, 5) is 0. The highest BCUT2D eigenvalue weighted by Crippen LogP contribution is 2.26. The number of hydrogen-bond donors (Lipinski definition) is 4. The van der Waals surface area contributed by atoms with Gasteiger partial charge in [-0.15, -0.1) is 0 Å². The SMILES string of the molecule is Cc1nnc(C2=CNC(O)NC2O)cc1-c1ccnn1Cc1ccc(C#N)cc1.